The van der Waals surface area contributed by atoms with Gasteiger partial charge >= 0.3 is 0 Å². The molecule has 3 N–H and O–H groups in total. The normalized spacial score (nSPS) is 10.4. The van der Waals surface area contributed by atoms with Crippen molar-refractivity contribution in [2.75, 3.05) is 12.3 Å². The summed E-state index contributed by atoms with van der Waals surface area (Å²) in [6.45, 7) is 2.37. The quantitative estimate of drug-likeness (QED) is 0.851. The highest BCUT2D eigenvalue weighted by Gasteiger charge is 2.12. The smallest absolute Gasteiger partial charge is 0.251 e. The van der Waals surface area contributed by atoms with Crippen LogP contribution in [0.3, 0.4) is 0 Å². The Balaban J connectivity index is 1.98. The van der Waals surface area contributed by atoms with E-state index in [1.54, 1.807) is 0 Å². The molecule has 0 fully saturated rings. The molecule has 0 aliphatic heterocycles. The number of anilines is 1. The molecule has 0 saturated carbocycles. The summed E-state index contributed by atoms with van der Waals surface area (Å²) in [6, 6.07) is 9.70. The number of carbonyl (C=O) groups is 1. The molecule has 21 heavy (non-hydrogen) atoms. The van der Waals surface area contributed by atoms with Gasteiger partial charge in [-0.1, -0.05) is 24.3 Å². The minimum Gasteiger partial charge on any atom is -0.394 e. The Kier molecular flexibility index (Phi) is 4.52. The number of nitrogens with one attached hydrogen (secondary N) is 1. The molecule has 0 spiro atoms. The third-order valence-corrected chi connectivity index (χ3v) is 3.28. The highest BCUT2D eigenvalue weighted by Crippen LogP contribution is 2.17. The first-order valence-corrected chi connectivity index (χ1v) is 6.56. The number of rotatable bonds is 4. The van der Waals surface area contributed by atoms with Gasteiger partial charge in [-0.15, -0.1) is 0 Å². The van der Waals surface area contributed by atoms with Crippen LogP contribution >= 0.6 is 0 Å². The monoisotopic (exact) mass is 290 g/mol. The first-order chi connectivity index (χ1) is 9.99. The summed E-state index contributed by atoms with van der Waals surface area (Å²) >= 11 is 0. The molecule has 0 unspecified atom stereocenters. The minimum absolute atomic E-state index is 0.0796. The number of hydrogen-bond acceptors (Lipinski definition) is 2. The summed E-state index contributed by atoms with van der Waals surface area (Å²) < 4.78 is 26.6. The van der Waals surface area contributed by atoms with Gasteiger partial charge < -0.3 is 11.1 Å². The van der Waals surface area contributed by atoms with E-state index in [2.05, 4.69) is 5.32 Å². The zero-order valence-corrected chi connectivity index (χ0v) is 11.6. The number of nitrogens with two attached hydrogens (primary N) is 1. The second kappa shape index (κ2) is 6.35. The largest absolute Gasteiger partial charge is 0.394 e. The zero-order valence-electron chi connectivity index (χ0n) is 11.6. The van der Waals surface area contributed by atoms with Crippen molar-refractivity contribution in [1.82, 2.24) is 5.32 Å². The molecule has 0 aliphatic carbocycles. The van der Waals surface area contributed by atoms with Crippen molar-refractivity contribution >= 4 is 11.6 Å². The van der Waals surface area contributed by atoms with Crippen LogP contribution in [0.15, 0.2) is 36.4 Å². The summed E-state index contributed by atoms with van der Waals surface area (Å²) in [5.74, 6) is -2.39. The lowest BCUT2D eigenvalue weighted by atomic mass is 10.1. The van der Waals surface area contributed by atoms with E-state index in [9.17, 15) is 13.6 Å². The van der Waals surface area contributed by atoms with Gasteiger partial charge in [0.15, 0.2) is 0 Å². The second-order valence-electron chi connectivity index (χ2n) is 4.79. The highest BCUT2D eigenvalue weighted by atomic mass is 19.1. The number of amides is 1. The lowest BCUT2D eigenvalue weighted by Crippen LogP contribution is -2.26. The standard InChI is InChI=1S/C16H16F2N2O/c1-10-4-2-3-5-11(10)6-7-20-16(21)12-8-13(17)15(19)14(18)9-12/h2-5,8-9H,6-7,19H2,1H3,(H,20,21). The predicted octanol–water partition coefficient (Wildman–Crippen LogP) is 2.83. The Hall–Kier alpha value is -2.43. The van der Waals surface area contributed by atoms with E-state index in [0.29, 0.717) is 13.0 Å². The van der Waals surface area contributed by atoms with Gasteiger partial charge in [0, 0.05) is 12.1 Å². The number of halogens is 2. The van der Waals surface area contributed by atoms with E-state index in [4.69, 9.17) is 5.73 Å². The fourth-order valence-corrected chi connectivity index (χ4v) is 2.02. The number of aryl methyl sites for hydroxylation is 1. The number of nitrogen functional groups attached to an aromatic ring is 1. The van der Waals surface area contributed by atoms with Gasteiger partial charge in [0.05, 0.1) is 0 Å². The van der Waals surface area contributed by atoms with E-state index in [0.717, 1.165) is 23.3 Å². The van der Waals surface area contributed by atoms with Crippen LogP contribution in [0, 0.1) is 18.6 Å². The Morgan fingerprint density at radius 2 is 1.81 bits per heavy atom. The average molecular weight is 290 g/mol. The molecule has 5 heteroatoms. The molecule has 0 aliphatic rings. The Morgan fingerprint density at radius 3 is 2.43 bits per heavy atom. The third kappa shape index (κ3) is 3.56. The van der Waals surface area contributed by atoms with Crippen molar-refractivity contribution < 1.29 is 13.6 Å². The molecule has 0 bridgehead atoms. The van der Waals surface area contributed by atoms with Crippen molar-refractivity contribution in [3.63, 3.8) is 0 Å². The van der Waals surface area contributed by atoms with Gasteiger partial charge in [0.1, 0.15) is 17.3 Å². The lowest BCUT2D eigenvalue weighted by Gasteiger charge is -2.08. The first kappa shape index (κ1) is 15.0. The van der Waals surface area contributed by atoms with E-state index in [-0.39, 0.29) is 5.56 Å². The highest BCUT2D eigenvalue weighted by molar-refractivity contribution is 5.94. The molecule has 2 rings (SSSR count). The van der Waals surface area contributed by atoms with Gasteiger partial charge in [-0.2, -0.15) is 0 Å². The van der Waals surface area contributed by atoms with E-state index < -0.39 is 23.2 Å². The maximum Gasteiger partial charge on any atom is 0.251 e. The Bertz CT molecular complexity index is 648. The maximum absolute atomic E-state index is 13.3. The topological polar surface area (TPSA) is 55.1 Å². The van der Waals surface area contributed by atoms with Crippen LogP contribution in [0.5, 0.6) is 0 Å². The van der Waals surface area contributed by atoms with Crippen LogP contribution in [-0.4, -0.2) is 12.5 Å². The molecule has 0 atom stereocenters. The first-order valence-electron chi connectivity index (χ1n) is 6.56. The van der Waals surface area contributed by atoms with Crippen molar-refractivity contribution in [2.45, 2.75) is 13.3 Å². The van der Waals surface area contributed by atoms with E-state index >= 15 is 0 Å². The number of carbonyl (C=O) groups excluding carboxylic acids is 1. The summed E-state index contributed by atoms with van der Waals surface area (Å²) in [5, 5.41) is 2.64. The third-order valence-electron chi connectivity index (χ3n) is 3.28. The zero-order chi connectivity index (χ0) is 15.4. The molecule has 0 saturated heterocycles. The molecule has 0 radical (unpaired) electrons. The van der Waals surface area contributed by atoms with Gasteiger partial charge in [-0.25, -0.2) is 8.78 Å². The number of benzene rings is 2. The maximum atomic E-state index is 13.3. The van der Waals surface area contributed by atoms with Gasteiger partial charge in [-0.3, -0.25) is 4.79 Å². The SMILES string of the molecule is Cc1ccccc1CCNC(=O)c1cc(F)c(N)c(F)c1. The van der Waals surface area contributed by atoms with Crippen LogP contribution in [0.1, 0.15) is 21.5 Å². The molecule has 1 amide bonds. The molecule has 2 aromatic rings. The molecule has 3 nitrogen and oxygen atoms in total. The molecular weight excluding hydrogens is 274 g/mol. The van der Waals surface area contributed by atoms with Crippen LogP contribution < -0.4 is 11.1 Å². The lowest BCUT2D eigenvalue weighted by molar-refractivity contribution is 0.0953. The fraction of sp³-hybridized carbons (Fsp3) is 0.188. The summed E-state index contributed by atoms with van der Waals surface area (Å²) in [7, 11) is 0. The minimum atomic E-state index is -0.931. The summed E-state index contributed by atoms with van der Waals surface area (Å²) in [4.78, 5) is 11.9. The Labute approximate surface area is 121 Å². The van der Waals surface area contributed by atoms with Crippen LogP contribution in [0.25, 0.3) is 0 Å². The van der Waals surface area contributed by atoms with Crippen molar-refractivity contribution in [3.05, 3.63) is 64.7 Å². The molecule has 2 aromatic carbocycles. The van der Waals surface area contributed by atoms with Crippen molar-refractivity contribution in [2.24, 2.45) is 0 Å². The van der Waals surface area contributed by atoms with Crippen LogP contribution in [-0.2, 0) is 6.42 Å². The molecule has 0 heterocycles. The summed E-state index contributed by atoms with van der Waals surface area (Å²) in [5.41, 5.74) is 6.76. The van der Waals surface area contributed by atoms with Crippen molar-refractivity contribution in [3.8, 4) is 0 Å². The second-order valence-corrected chi connectivity index (χ2v) is 4.79. The molecular formula is C16H16F2N2O. The van der Waals surface area contributed by atoms with Crippen LogP contribution in [0.2, 0.25) is 0 Å². The Morgan fingerprint density at radius 1 is 1.19 bits per heavy atom. The average Bonchev–Trinajstić information content (AvgIpc) is 2.46. The van der Waals surface area contributed by atoms with Crippen LogP contribution in [0.4, 0.5) is 14.5 Å². The van der Waals surface area contributed by atoms with E-state index in [1.165, 1.54) is 0 Å². The summed E-state index contributed by atoms with van der Waals surface area (Å²) in [6.07, 6.45) is 0.651. The number of hydrogen-bond donors (Lipinski definition) is 2. The molecule has 110 valence electrons. The predicted molar refractivity (Wildman–Crippen MR) is 78.0 cm³/mol. The van der Waals surface area contributed by atoms with Gasteiger partial charge in [0.25, 0.3) is 5.91 Å². The van der Waals surface area contributed by atoms with Crippen molar-refractivity contribution in [1.29, 1.82) is 0 Å². The van der Waals surface area contributed by atoms with Gasteiger partial charge in [0.2, 0.25) is 0 Å². The fourth-order valence-electron chi connectivity index (χ4n) is 2.02. The van der Waals surface area contributed by atoms with Gasteiger partial charge in [-0.05, 0) is 36.6 Å². The molecule has 0 aromatic heterocycles. The van der Waals surface area contributed by atoms with E-state index in [1.807, 2.05) is 31.2 Å².